The van der Waals surface area contributed by atoms with Crippen molar-refractivity contribution >= 4 is 5.97 Å². The number of benzene rings is 2. The van der Waals surface area contributed by atoms with Crippen molar-refractivity contribution in [2.24, 2.45) is 0 Å². The van der Waals surface area contributed by atoms with E-state index in [1.54, 1.807) is 23.1 Å². The smallest absolute Gasteiger partial charge is 0.416 e. The average Bonchev–Trinajstić information content (AvgIpc) is 3.07. The molecule has 1 unspecified atom stereocenters. The van der Waals surface area contributed by atoms with Crippen molar-refractivity contribution < 1.29 is 32.5 Å². The number of carboxylic acids is 1. The highest BCUT2D eigenvalue weighted by Gasteiger charge is 2.35. The number of carbonyl (C=O) groups is 1. The maximum absolute atomic E-state index is 13.0. The molecule has 2 heterocycles. The highest BCUT2D eigenvalue weighted by Crippen LogP contribution is 2.35. The van der Waals surface area contributed by atoms with Crippen molar-refractivity contribution in [2.45, 2.75) is 31.7 Å². The van der Waals surface area contributed by atoms with Gasteiger partial charge in [-0.3, -0.25) is 9.69 Å². The standard InChI is InChI=1S/C19H16F3NO4/c20-19(21,22)14-3-2-12-7-15(18(24)25)23(9-13(12)6-14)8-11-1-4-16-17(5-11)27-10-26-16/h1-6,15H,7-10H2,(H,24,25). The second kappa shape index (κ2) is 6.45. The van der Waals surface area contributed by atoms with Crippen molar-refractivity contribution in [3.8, 4) is 11.5 Å². The number of fused-ring (bicyclic) bond motifs is 2. The lowest BCUT2D eigenvalue weighted by Gasteiger charge is -2.34. The van der Waals surface area contributed by atoms with Gasteiger partial charge in [0.25, 0.3) is 0 Å². The van der Waals surface area contributed by atoms with Crippen LogP contribution >= 0.6 is 0 Å². The molecule has 142 valence electrons. The normalized spacial score (nSPS) is 19.0. The van der Waals surface area contributed by atoms with Crippen LogP contribution in [0.4, 0.5) is 13.2 Å². The zero-order valence-corrected chi connectivity index (χ0v) is 14.1. The molecule has 0 aliphatic carbocycles. The fourth-order valence-corrected chi connectivity index (χ4v) is 3.50. The number of halogens is 3. The molecule has 0 radical (unpaired) electrons. The molecule has 27 heavy (non-hydrogen) atoms. The van der Waals surface area contributed by atoms with Crippen molar-refractivity contribution in [1.82, 2.24) is 4.90 Å². The third kappa shape index (κ3) is 3.44. The van der Waals surface area contributed by atoms with Crippen LogP contribution in [0.15, 0.2) is 36.4 Å². The molecule has 0 saturated heterocycles. The fraction of sp³-hybridized carbons (Fsp3) is 0.316. The Morgan fingerprint density at radius 3 is 2.63 bits per heavy atom. The molecule has 2 aliphatic heterocycles. The van der Waals surface area contributed by atoms with Crippen LogP contribution in [-0.2, 0) is 30.5 Å². The van der Waals surface area contributed by atoms with Gasteiger partial charge in [0.1, 0.15) is 6.04 Å². The average molecular weight is 379 g/mol. The molecule has 0 amide bonds. The highest BCUT2D eigenvalue weighted by molar-refractivity contribution is 5.74. The summed E-state index contributed by atoms with van der Waals surface area (Å²) in [7, 11) is 0. The topological polar surface area (TPSA) is 59.0 Å². The van der Waals surface area contributed by atoms with E-state index in [9.17, 15) is 23.1 Å². The first-order valence-electron chi connectivity index (χ1n) is 8.35. The van der Waals surface area contributed by atoms with E-state index in [-0.39, 0.29) is 26.3 Å². The summed E-state index contributed by atoms with van der Waals surface area (Å²) in [5, 5.41) is 9.58. The highest BCUT2D eigenvalue weighted by atomic mass is 19.4. The van der Waals surface area contributed by atoms with Gasteiger partial charge in [-0.2, -0.15) is 13.2 Å². The van der Waals surface area contributed by atoms with Gasteiger partial charge in [0.15, 0.2) is 11.5 Å². The van der Waals surface area contributed by atoms with Gasteiger partial charge < -0.3 is 14.6 Å². The Bertz CT molecular complexity index is 897. The van der Waals surface area contributed by atoms with Gasteiger partial charge in [0, 0.05) is 13.1 Å². The summed E-state index contributed by atoms with van der Waals surface area (Å²) in [4.78, 5) is 13.4. The molecule has 1 N–H and O–H groups in total. The van der Waals surface area contributed by atoms with Gasteiger partial charge in [-0.05, 0) is 47.4 Å². The van der Waals surface area contributed by atoms with Crippen LogP contribution in [0.5, 0.6) is 11.5 Å². The third-order valence-corrected chi connectivity index (χ3v) is 4.87. The molecule has 0 bridgehead atoms. The molecule has 2 aromatic carbocycles. The Morgan fingerprint density at radius 1 is 1.11 bits per heavy atom. The van der Waals surface area contributed by atoms with Gasteiger partial charge in [-0.15, -0.1) is 0 Å². The van der Waals surface area contributed by atoms with Crippen LogP contribution in [0, 0.1) is 0 Å². The zero-order chi connectivity index (χ0) is 19.2. The molecular weight excluding hydrogens is 363 g/mol. The fourth-order valence-electron chi connectivity index (χ4n) is 3.50. The number of alkyl halides is 3. The Morgan fingerprint density at radius 2 is 1.89 bits per heavy atom. The maximum atomic E-state index is 13.0. The van der Waals surface area contributed by atoms with E-state index >= 15 is 0 Å². The third-order valence-electron chi connectivity index (χ3n) is 4.87. The summed E-state index contributed by atoms with van der Waals surface area (Å²) in [5.74, 6) is 0.199. The first-order chi connectivity index (χ1) is 12.8. The summed E-state index contributed by atoms with van der Waals surface area (Å²) >= 11 is 0. The molecule has 2 aliphatic rings. The molecule has 5 nitrogen and oxygen atoms in total. The molecular formula is C19H16F3NO4. The number of ether oxygens (including phenoxy) is 2. The number of hydrogen-bond acceptors (Lipinski definition) is 4. The van der Waals surface area contributed by atoms with E-state index in [0.29, 0.717) is 22.6 Å². The monoisotopic (exact) mass is 379 g/mol. The molecule has 0 fully saturated rings. The predicted molar refractivity (Wildman–Crippen MR) is 88.4 cm³/mol. The number of rotatable bonds is 3. The Balaban J connectivity index is 1.62. The number of carboxylic acid groups (broad SMARTS) is 1. The Hall–Kier alpha value is -2.74. The van der Waals surface area contributed by atoms with Crippen LogP contribution in [0.25, 0.3) is 0 Å². The van der Waals surface area contributed by atoms with Crippen molar-refractivity contribution in [1.29, 1.82) is 0 Å². The quantitative estimate of drug-likeness (QED) is 0.885. The van der Waals surface area contributed by atoms with Gasteiger partial charge in [0.2, 0.25) is 6.79 Å². The van der Waals surface area contributed by atoms with E-state index in [0.717, 1.165) is 17.7 Å². The lowest BCUT2D eigenvalue weighted by atomic mass is 9.92. The Kier molecular flexibility index (Phi) is 4.22. The summed E-state index contributed by atoms with van der Waals surface area (Å²) in [6.07, 6.45) is -4.27. The van der Waals surface area contributed by atoms with E-state index in [1.807, 2.05) is 0 Å². The van der Waals surface area contributed by atoms with E-state index in [2.05, 4.69) is 0 Å². The summed E-state index contributed by atoms with van der Waals surface area (Å²) in [6.45, 7) is 0.543. The van der Waals surface area contributed by atoms with Crippen LogP contribution < -0.4 is 9.47 Å². The van der Waals surface area contributed by atoms with Gasteiger partial charge in [-0.1, -0.05) is 12.1 Å². The van der Waals surface area contributed by atoms with Crippen molar-refractivity contribution in [3.63, 3.8) is 0 Å². The van der Waals surface area contributed by atoms with Crippen LogP contribution in [0.3, 0.4) is 0 Å². The number of hydrogen-bond donors (Lipinski definition) is 1. The predicted octanol–water partition coefficient (Wildman–Crippen LogP) is 3.45. The summed E-state index contributed by atoms with van der Waals surface area (Å²) in [5.41, 5.74) is 1.22. The van der Waals surface area contributed by atoms with E-state index < -0.39 is 23.8 Å². The van der Waals surface area contributed by atoms with Crippen molar-refractivity contribution in [2.75, 3.05) is 6.79 Å². The van der Waals surface area contributed by atoms with Crippen molar-refractivity contribution in [3.05, 3.63) is 58.7 Å². The van der Waals surface area contributed by atoms with Gasteiger partial charge >= 0.3 is 12.1 Å². The number of nitrogens with zero attached hydrogens (tertiary/aromatic N) is 1. The number of aliphatic carboxylic acids is 1. The summed E-state index contributed by atoms with van der Waals surface area (Å²) in [6, 6.07) is 8.00. The second-order valence-electron chi connectivity index (χ2n) is 6.63. The molecule has 2 aromatic rings. The maximum Gasteiger partial charge on any atom is 0.416 e. The van der Waals surface area contributed by atoms with Gasteiger partial charge in [-0.25, -0.2) is 0 Å². The van der Waals surface area contributed by atoms with Gasteiger partial charge in [0.05, 0.1) is 5.56 Å². The summed E-state index contributed by atoms with van der Waals surface area (Å²) < 4.78 is 49.6. The molecule has 0 saturated carbocycles. The Labute approximate surface area is 152 Å². The zero-order valence-electron chi connectivity index (χ0n) is 14.1. The second-order valence-corrected chi connectivity index (χ2v) is 6.63. The SMILES string of the molecule is O=C(O)C1Cc2ccc(C(F)(F)F)cc2CN1Cc1ccc2c(c1)OCO2. The van der Waals surface area contributed by atoms with Crippen LogP contribution in [-0.4, -0.2) is 28.8 Å². The van der Waals surface area contributed by atoms with E-state index in [1.165, 1.54) is 6.07 Å². The lowest BCUT2D eigenvalue weighted by molar-refractivity contribution is -0.144. The minimum absolute atomic E-state index is 0.130. The molecule has 0 aromatic heterocycles. The molecule has 4 rings (SSSR count). The minimum Gasteiger partial charge on any atom is -0.480 e. The molecule has 1 atom stereocenters. The molecule has 0 spiro atoms. The molecule has 8 heteroatoms. The minimum atomic E-state index is -4.43. The van der Waals surface area contributed by atoms with Crippen LogP contribution in [0.2, 0.25) is 0 Å². The van der Waals surface area contributed by atoms with Crippen LogP contribution in [0.1, 0.15) is 22.3 Å². The lowest BCUT2D eigenvalue weighted by Crippen LogP contribution is -2.45. The van der Waals surface area contributed by atoms with E-state index in [4.69, 9.17) is 9.47 Å². The first-order valence-corrected chi connectivity index (χ1v) is 8.35. The first kappa shape index (κ1) is 17.7. The largest absolute Gasteiger partial charge is 0.480 e.